The molecule has 0 fully saturated rings. The van der Waals surface area contributed by atoms with Crippen LogP contribution in [0.15, 0.2) is 12.7 Å². The van der Waals surface area contributed by atoms with Crippen LogP contribution in [-0.4, -0.2) is 33.7 Å². The van der Waals surface area contributed by atoms with E-state index in [0.717, 1.165) is 0 Å². The van der Waals surface area contributed by atoms with Crippen molar-refractivity contribution in [1.82, 2.24) is 0 Å². The highest BCUT2D eigenvalue weighted by atomic mass is 32.3. The molecule has 13 heavy (non-hydrogen) atoms. The van der Waals surface area contributed by atoms with Crippen LogP contribution in [0.1, 0.15) is 6.92 Å². The highest BCUT2D eigenvalue weighted by Crippen LogP contribution is 1.96. The van der Waals surface area contributed by atoms with Gasteiger partial charge in [-0.15, -0.1) is 10.5 Å². The first kappa shape index (κ1) is 12.5. The number of hydrogen-bond donors (Lipinski definition) is 0. The standard InChI is InChI=1S/C7H13FO4S/c1-3-4-11-7(2)12-5-6-13(8,9)10/h3,7H,1,4-6H2,2H3. The maximum Gasteiger partial charge on any atom is 0.304 e. The molecule has 0 aliphatic rings. The molecule has 0 heterocycles. The molecule has 0 aromatic rings. The number of halogens is 1. The predicted molar refractivity (Wildman–Crippen MR) is 46.5 cm³/mol. The summed E-state index contributed by atoms with van der Waals surface area (Å²) in [4.78, 5) is 0. The van der Waals surface area contributed by atoms with Crippen LogP contribution in [0.3, 0.4) is 0 Å². The molecule has 0 spiro atoms. The molecule has 0 aliphatic carbocycles. The van der Waals surface area contributed by atoms with Crippen LogP contribution in [0, 0.1) is 0 Å². The molecule has 0 saturated carbocycles. The molecular weight excluding hydrogens is 199 g/mol. The zero-order valence-electron chi connectivity index (χ0n) is 7.40. The first-order chi connectivity index (χ1) is 5.95. The first-order valence-corrected chi connectivity index (χ1v) is 5.27. The van der Waals surface area contributed by atoms with Crippen molar-refractivity contribution in [2.75, 3.05) is 19.0 Å². The van der Waals surface area contributed by atoms with E-state index in [2.05, 4.69) is 6.58 Å². The van der Waals surface area contributed by atoms with Crippen molar-refractivity contribution in [3.8, 4) is 0 Å². The molecule has 1 unspecified atom stereocenters. The van der Waals surface area contributed by atoms with Crippen molar-refractivity contribution in [1.29, 1.82) is 0 Å². The van der Waals surface area contributed by atoms with E-state index in [-0.39, 0.29) is 6.61 Å². The average molecular weight is 212 g/mol. The maximum absolute atomic E-state index is 11.9. The molecule has 0 aliphatic heterocycles. The summed E-state index contributed by atoms with van der Waals surface area (Å²) < 4.78 is 41.8. The topological polar surface area (TPSA) is 52.6 Å². The van der Waals surface area contributed by atoms with Crippen molar-refractivity contribution >= 4 is 10.2 Å². The normalized spacial score (nSPS) is 14.0. The fourth-order valence-corrected chi connectivity index (χ4v) is 0.861. The third-order valence-electron chi connectivity index (χ3n) is 1.13. The zero-order valence-corrected chi connectivity index (χ0v) is 8.22. The Bertz CT molecular complexity index is 237. The quantitative estimate of drug-likeness (QED) is 0.356. The molecule has 0 bridgehead atoms. The molecule has 6 heteroatoms. The Hall–Kier alpha value is -0.460. The first-order valence-electron chi connectivity index (χ1n) is 3.72. The fraction of sp³-hybridized carbons (Fsp3) is 0.714. The summed E-state index contributed by atoms with van der Waals surface area (Å²) in [6, 6.07) is 0. The Morgan fingerprint density at radius 2 is 2.15 bits per heavy atom. The molecule has 0 N–H and O–H groups in total. The smallest absolute Gasteiger partial charge is 0.304 e. The third-order valence-corrected chi connectivity index (χ3v) is 1.78. The average Bonchev–Trinajstić information content (AvgIpc) is 1.98. The van der Waals surface area contributed by atoms with Gasteiger partial charge in [-0.25, -0.2) is 0 Å². The van der Waals surface area contributed by atoms with Crippen LogP contribution in [0.25, 0.3) is 0 Å². The van der Waals surface area contributed by atoms with Crippen LogP contribution < -0.4 is 0 Å². The van der Waals surface area contributed by atoms with Gasteiger partial charge in [-0.1, -0.05) is 6.08 Å². The number of ether oxygens (including phenoxy) is 2. The molecule has 0 aromatic heterocycles. The number of rotatable bonds is 7. The van der Waals surface area contributed by atoms with E-state index in [9.17, 15) is 12.3 Å². The van der Waals surface area contributed by atoms with Crippen LogP contribution in [-0.2, 0) is 19.7 Å². The molecule has 78 valence electrons. The Morgan fingerprint density at radius 1 is 1.54 bits per heavy atom. The van der Waals surface area contributed by atoms with Crippen molar-refractivity contribution in [3.63, 3.8) is 0 Å². The summed E-state index contributed by atoms with van der Waals surface area (Å²) in [5, 5.41) is 0. The summed E-state index contributed by atoms with van der Waals surface area (Å²) in [6.45, 7) is 5.11. The Morgan fingerprint density at radius 3 is 2.62 bits per heavy atom. The molecule has 0 amide bonds. The van der Waals surface area contributed by atoms with E-state index >= 15 is 0 Å². The lowest BCUT2D eigenvalue weighted by Gasteiger charge is -2.11. The van der Waals surface area contributed by atoms with Gasteiger partial charge in [0.05, 0.1) is 13.2 Å². The minimum atomic E-state index is -4.44. The number of hydrogen-bond acceptors (Lipinski definition) is 4. The van der Waals surface area contributed by atoms with Crippen molar-refractivity contribution in [3.05, 3.63) is 12.7 Å². The van der Waals surface area contributed by atoms with Gasteiger partial charge in [0.1, 0.15) is 5.75 Å². The highest BCUT2D eigenvalue weighted by molar-refractivity contribution is 7.86. The van der Waals surface area contributed by atoms with E-state index in [0.29, 0.717) is 6.61 Å². The van der Waals surface area contributed by atoms with Gasteiger partial charge in [-0.3, -0.25) is 0 Å². The zero-order chi connectivity index (χ0) is 10.3. The van der Waals surface area contributed by atoms with E-state index in [1.54, 1.807) is 6.92 Å². The molecule has 0 aromatic carbocycles. The van der Waals surface area contributed by atoms with Crippen LogP contribution in [0.4, 0.5) is 3.89 Å². The summed E-state index contributed by atoms with van der Waals surface area (Å²) in [7, 11) is -4.44. The Balaban J connectivity index is 3.47. The molecular formula is C7H13FO4S. The van der Waals surface area contributed by atoms with Gasteiger partial charge in [0.25, 0.3) is 0 Å². The molecule has 0 saturated heterocycles. The minimum absolute atomic E-state index is 0.211. The van der Waals surface area contributed by atoms with E-state index in [4.69, 9.17) is 9.47 Å². The second-order valence-corrected chi connectivity index (χ2v) is 3.79. The lowest BCUT2D eigenvalue weighted by Crippen LogP contribution is -2.17. The maximum atomic E-state index is 11.9. The van der Waals surface area contributed by atoms with Gasteiger partial charge in [0, 0.05) is 0 Å². The van der Waals surface area contributed by atoms with Crippen molar-refractivity contribution < 1.29 is 21.8 Å². The van der Waals surface area contributed by atoms with Gasteiger partial charge < -0.3 is 9.47 Å². The van der Waals surface area contributed by atoms with Gasteiger partial charge >= 0.3 is 10.2 Å². The summed E-state index contributed by atoms with van der Waals surface area (Å²) in [5.74, 6) is -0.644. The van der Waals surface area contributed by atoms with Gasteiger partial charge in [0.15, 0.2) is 6.29 Å². The second-order valence-electron chi connectivity index (χ2n) is 2.30. The lowest BCUT2D eigenvalue weighted by atomic mass is 10.6. The fourth-order valence-electron chi connectivity index (χ4n) is 0.565. The second kappa shape index (κ2) is 6.06. The van der Waals surface area contributed by atoms with Crippen LogP contribution in [0.2, 0.25) is 0 Å². The Kier molecular flexibility index (Phi) is 5.85. The van der Waals surface area contributed by atoms with Crippen molar-refractivity contribution in [2.45, 2.75) is 13.2 Å². The minimum Gasteiger partial charge on any atom is -0.352 e. The van der Waals surface area contributed by atoms with Crippen LogP contribution >= 0.6 is 0 Å². The Labute approximate surface area is 77.6 Å². The van der Waals surface area contributed by atoms with Gasteiger partial charge in [-0.2, -0.15) is 8.42 Å². The molecule has 0 radical (unpaired) electrons. The monoisotopic (exact) mass is 212 g/mol. The third kappa shape index (κ3) is 9.45. The largest absolute Gasteiger partial charge is 0.352 e. The van der Waals surface area contributed by atoms with Gasteiger partial charge in [0.2, 0.25) is 0 Å². The summed E-state index contributed by atoms with van der Waals surface area (Å²) in [6.07, 6.45) is 0.978. The van der Waals surface area contributed by atoms with E-state index < -0.39 is 22.3 Å². The van der Waals surface area contributed by atoms with E-state index in [1.165, 1.54) is 6.08 Å². The summed E-state index contributed by atoms with van der Waals surface area (Å²) >= 11 is 0. The molecule has 1 atom stereocenters. The molecule has 0 rings (SSSR count). The SMILES string of the molecule is C=CCOC(C)OCCS(=O)(=O)F. The van der Waals surface area contributed by atoms with Gasteiger partial charge in [-0.05, 0) is 6.92 Å². The highest BCUT2D eigenvalue weighted by Gasteiger charge is 2.08. The summed E-state index contributed by atoms with van der Waals surface area (Å²) in [5.41, 5.74) is 0. The molecule has 4 nitrogen and oxygen atoms in total. The van der Waals surface area contributed by atoms with Crippen molar-refractivity contribution in [2.24, 2.45) is 0 Å². The lowest BCUT2D eigenvalue weighted by molar-refractivity contribution is -0.118. The predicted octanol–water partition coefficient (Wildman–Crippen LogP) is 0.851. The van der Waals surface area contributed by atoms with E-state index in [1.807, 2.05) is 0 Å². The van der Waals surface area contributed by atoms with Crippen LogP contribution in [0.5, 0.6) is 0 Å².